The van der Waals surface area contributed by atoms with Gasteiger partial charge in [0.1, 0.15) is 5.82 Å². The second-order valence-corrected chi connectivity index (χ2v) is 5.46. The predicted molar refractivity (Wildman–Crippen MR) is 63.2 cm³/mol. The molecule has 2 aliphatic carbocycles. The fraction of sp³-hybridized carbons (Fsp3) is 0.692. The zero-order chi connectivity index (χ0) is 11.2. The summed E-state index contributed by atoms with van der Waals surface area (Å²) in [6, 6.07) is 0. The molecule has 3 rings (SSSR count). The minimum absolute atomic E-state index is 0.145. The molecular formula is C13H19N3. The smallest absolute Gasteiger partial charge is 0.125 e. The molecule has 0 atom stereocenters. The van der Waals surface area contributed by atoms with Crippen LogP contribution in [-0.2, 0) is 6.42 Å². The number of nitrogens with two attached hydrogens (primary N) is 1. The largest absolute Gasteiger partial charge is 0.325 e. The molecule has 0 unspecified atom stereocenters. The number of hydrogen-bond donors (Lipinski definition) is 1. The molecule has 0 spiro atoms. The lowest BCUT2D eigenvalue weighted by Gasteiger charge is -2.11. The van der Waals surface area contributed by atoms with E-state index in [0.717, 1.165) is 18.7 Å². The fourth-order valence-electron chi connectivity index (χ4n) is 2.21. The quantitative estimate of drug-likeness (QED) is 0.840. The molecule has 0 saturated heterocycles. The van der Waals surface area contributed by atoms with Gasteiger partial charge in [0.25, 0.3) is 0 Å². The zero-order valence-corrected chi connectivity index (χ0v) is 9.87. The lowest BCUT2D eigenvalue weighted by atomic mass is 10.0. The Kier molecular flexibility index (Phi) is 2.25. The predicted octanol–water partition coefficient (Wildman–Crippen LogP) is 2.09. The van der Waals surface area contributed by atoms with Crippen molar-refractivity contribution in [1.82, 2.24) is 9.97 Å². The van der Waals surface area contributed by atoms with Gasteiger partial charge in [0.15, 0.2) is 0 Å². The number of aryl methyl sites for hydroxylation is 2. The van der Waals surface area contributed by atoms with Gasteiger partial charge < -0.3 is 5.73 Å². The monoisotopic (exact) mass is 217 g/mol. The molecule has 2 saturated carbocycles. The van der Waals surface area contributed by atoms with Crippen molar-refractivity contribution >= 4 is 0 Å². The topological polar surface area (TPSA) is 51.8 Å². The summed E-state index contributed by atoms with van der Waals surface area (Å²) < 4.78 is 0. The van der Waals surface area contributed by atoms with E-state index in [1.165, 1.54) is 36.9 Å². The average molecular weight is 217 g/mol. The summed E-state index contributed by atoms with van der Waals surface area (Å²) >= 11 is 0. The molecule has 0 radical (unpaired) electrons. The second kappa shape index (κ2) is 3.52. The van der Waals surface area contributed by atoms with Gasteiger partial charge in [-0.2, -0.15) is 0 Å². The Balaban J connectivity index is 1.76. The van der Waals surface area contributed by atoms with Gasteiger partial charge in [-0.3, -0.25) is 0 Å². The van der Waals surface area contributed by atoms with Crippen LogP contribution in [-0.4, -0.2) is 15.5 Å². The maximum Gasteiger partial charge on any atom is 0.125 e. The van der Waals surface area contributed by atoms with Crippen molar-refractivity contribution in [3.05, 3.63) is 23.3 Å². The van der Waals surface area contributed by atoms with Gasteiger partial charge in [-0.1, -0.05) is 0 Å². The van der Waals surface area contributed by atoms with E-state index < -0.39 is 0 Å². The lowest BCUT2D eigenvalue weighted by molar-refractivity contribution is 0.604. The first-order valence-electron chi connectivity index (χ1n) is 6.28. The maximum absolute atomic E-state index is 6.13. The first-order chi connectivity index (χ1) is 7.66. The van der Waals surface area contributed by atoms with E-state index in [1.807, 2.05) is 13.1 Å². The number of aromatic nitrogens is 2. The summed E-state index contributed by atoms with van der Waals surface area (Å²) in [4.78, 5) is 8.92. The van der Waals surface area contributed by atoms with Gasteiger partial charge in [0, 0.05) is 17.7 Å². The number of nitrogens with zero attached hydrogens (tertiary/aromatic N) is 2. The number of rotatable bonds is 4. The molecule has 16 heavy (non-hydrogen) atoms. The Morgan fingerprint density at radius 2 is 2.19 bits per heavy atom. The van der Waals surface area contributed by atoms with Crippen LogP contribution < -0.4 is 5.73 Å². The lowest BCUT2D eigenvalue weighted by Crippen LogP contribution is -2.22. The molecule has 3 nitrogen and oxygen atoms in total. The van der Waals surface area contributed by atoms with Crippen LogP contribution in [0.2, 0.25) is 0 Å². The molecule has 2 N–H and O–H groups in total. The molecule has 1 heterocycles. The highest BCUT2D eigenvalue weighted by Crippen LogP contribution is 2.42. The van der Waals surface area contributed by atoms with Crippen LogP contribution in [0.4, 0.5) is 0 Å². The van der Waals surface area contributed by atoms with Crippen molar-refractivity contribution in [2.45, 2.75) is 56.9 Å². The Bertz CT molecular complexity index is 406. The van der Waals surface area contributed by atoms with Crippen LogP contribution in [0.25, 0.3) is 0 Å². The van der Waals surface area contributed by atoms with E-state index in [4.69, 9.17) is 5.73 Å². The standard InChI is InChI=1S/C13H19N3/c1-9-15-8-11(4-5-13(14)6-7-13)12(16-9)10-2-3-10/h8,10H,2-7,14H2,1H3. The van der Waals surface area contributed by atoms with Crippen molar-refractivity contribution < 1.29 is 0 Å². The van der Waals surface area contributed by atoms with Gasteiger partial charge in [0.2, 0.25) is 0 Å². The zero-order valence-electron chi connectivity index (χ0n) is 9.87. The van der Waals surface area contributed by atoms with Crippen LogP contribution >= 0.6 is 0 Å². The maximum atomic E-state index is 6.13. The molecule has 3 heteroatoms. The molecule has 2 fully saturated rings. The van der Waals surface area contributed by atoms with E-state index >= 15 is 0 Å². The van der Waals surface area contributed by atoms with Crippen LogP contribution in [0.1, 0.15) is 55.1 Å². The highest BCUT2D eigenvalue weighted by molar-refractivity contribution is 5.26. The summed E-state index contributed by atoms with van der Waals surface area (Å²) in [5.74, 6) is 1.61. The Labute approximate surface area is 96.5 Å². The summed E-state index contributed by atoms with van der Waals surface area (Å²) in [5.41, 5.74) is 8.91. The molecular weight excluding hydrogens is 198 g/mol. The summed E-state index contributed by atoms with van der Waals surface area (Å²) in [5, 5.41) is 0. The van der Waals surface area contributed by atoms with Crippen molar-refractivity contribution in [3.8, 4) is 0 Å². The highest BCUT2D eigenvalue weighted by Gasteiger charge is 2.38. The first kappa shape index (κ1) is 10.2. The van der Waals surface area contributed by atoms with E-state index in [1.54, 1.807) is 0 Å². The molecule has 1 aromatic rings. The van der Waals surface area contributed by atoms with Crippen molar-refractivity contribution in [1.29, 1.82) is 0 Å². The third kappa shape index (κ3) is 2.09. The van der Waals surface area contributed by atoms with E-state index in [0.29, 0.717) is 5.92 Å². The van der Waals surface area contributed by atoms with Crippen molar-refractivity contribution in [2.24, 2.45) is 5.73 Å². The number of hydrogen-bond acceptors (Lipinski definition) is 3. The molecule has 0 amide bonds. The van der Waals surface area contributed by atoms with Crippen LogP contribution in [0.5, 0.6) is 0 Å². The van der Waals surface area contributed by atoms with E-state index in [-0.39, 0.29) is 5.54 Å². The Morgan fingerprint density at radius 3 is 2.81 bits per heavy atom. The molecule has 86 valence electrons. The third-order valence-corrected chi connectivity index (χ3v) is 3.77. The Hall–Kier alpha value is -0.960. The van der Waals surface area contributed by atoms with Gasteiger partial charge in [-0.15, -0.1) is 0 Å². The van der Waals surface area contributed by atoms with Crippen LogP contribution in [0.15, 0.2) is 6.20 Å². The first-order valence-corrected chi connectivity index (χ1v) is 6.28. The van der Waals surface area contributed by atoms with E-state index in [9.17, 15) is 0 Å². The van der Waals surface area contributed by atoms with Crippen molar-refractivity contribution in [2.75, 3.05) is 0 Å². The SMILES string of the molecule is Cc1ncc(CCC2(N)CC2)c(C2CC2)n1. The van der Waals surface area contributed by atoms with Crippen LogP contribution in [0.3, 0.4) is 0 Å². The minimum atomic E-state index is 0.145. The molecule has 2 aliphatic rings. The second-order valence-electron chi connectivity index (χ2n) is 5.46. The van der Waals surface area contributed by atoms with Gasteiger partial charge >= 0.3 is 0 Å². The van der Waals surface area contributed by atoms with Gasteiger partial charge in [-0.25, -0.2) is 9.97 Å². The van der Waals surface area contributed by atoms with E-state index in [2.05, 4.69) is 9.97 Å². The third-order valence-electron chi connectivity index (χ3n) is 3.77. The Morgan fingerprint density at radius 1 is 1.44 bits per heavy atom. The van der Waals surface area contributed by atoms with Gasteiger partial charge in [-0.05, 0) is 51.0 Å². The van der Waals surface area contributed by atoms with Gasteiger partial charge in [0.05, 0.1) is 5.69 Å². The fourth-order valence-corrected chi connectivity index (χ4v) is 2.21. The molecule has 1 aromatic heterocycles. The summed E-state index contributed by atoms with van der Waals surface area (Å²) in [7, 11) is 0. The minimum Gasteiger partial charge on any atom is -0.325 e. The molecule has 0 aliphatic heterocycles. The average Bonchev–Trinajstić information content (AvgIpc) is 3.12. The van der Waals surface area contributed by atoms with Crippen molar-refractivity contribution in [3.63, 3.8) is 0 Å². The molecule has 0 aromatic carbocycles. The van der Waals surface area contributed by atoms with Crippen LogP contribution in [0, 0.1) is 6.92 Å². The normalized spacial score (nSPS) is 22.1. The molecule has 0 bridgehead atoms. The highest BCUT2D eigenvalue weighted by atomic mass is 14.9. The summed E-state index contributed by atoms with van der Waals surface area (Å²) in [6.07, 6.45) is 9.16. The summed E-state index contributed by atoms with van der Waals surface area (Å²) in [6.45, 7) is 1.97.